The Balaban J connectivity index is 1.43. The number of hydrogen-bond donors (Lipinski definition) is 0. The van der Waals surface area contributed by atoms with Crippen LogP contribution in [0, 0.1) is 5.82 Å². The lowest BCUT2D eigenvalue weighted by Crippen LogP contribution is -2.20. The van der Waals surface area contributed by atoms with Gasteiger partial charge in [0.1, 0.15) is 11.9 Å². The van der Waals surface area contributed by atoms with E-state index >= 15 is 0 Å². The van der Waals surface area contributed by atoms with E-state index in [4.69, 9.17) is 23.5 Å². The molecule has 0 bridgehead atoms. The number of methoxy groups -OCH3 is 3. The van der Waals surface area contributed by atoms with Gasteiger partial charge in [-0.3, -0.25) is 0 Å². The van der Waals surface area contributed by atoms with Crippen LogP contribution in [0.3, 0.4) is 0 Å². The molecule has 0 saturated carbocycles. The summed E-state index contributed by atoms with van der Waals surface area (Å²) in [6.45, 7) is 0.848. The van der Waals surface area contributed by atoms with Gasteiger partial charge in [0, 0.05) is 5.56 Å². The van der Waals surface area contributed by atoms with E-state index in [1.165, 1.54) is 19.2 Å². The van der Waals surface area contributed by atoms with Gasteiger partial charge in [0.15, 0.2) is 17.2 Å². The van der Waals surface area contributed by atoms with Crippen LogP contribution in [0.5, 0.6) is 17.2 Å². The van der Waals surface area contributed by atoms with E-state index in [-0.39, 0.29) is 17.8 Å². The van der Waals surface area contributed by atoms with Crippen LogP contribution < -0.4 is 14.2 Å². The van der Waals surface area contributed by atoms with Crippen LogP contribution in [-0.2, 0) is 17.9 Å². The molecule has 33 heavy (non-hydrogen) atoms. The third-order valence-electron chi connectivity index (χ3n) is 5.52. The standard InChI is InChI=1S/C23H21FN4O5/c1-29-17-8-14(9-18(30-2)21(17)31-3)22-26-23(33-27-22)20-16-11-32-19(10-28(16)12-25-20)13-4-6-15(24)7-5-13/h4-9,12,19H,10-11H2,1-3H3. The second-order valence-corrected chi connectivity index (χ2v) is 7.38. The van der Waals surface area contributed by atoms with Crippen molar-refractivity contribution in [3.05, 3.63) is 59.8 Å². The van der Waals surface area contributed by atoms with Gasteiger partial charge in [0.2, 0.25) is 11.6 Å². The molecule has 4 aromatic rings. The quantitative estimate of drug-likeness (QED) is 0.433. The molecule has 170 valence electrons. The van der Waals surface area contributed by atoms with E-state index in [9.17, 15) is 4.39 Å². The van der Waals surface area contributed by atoms with Crippen LogP contribution in [0.25, 0.3) is 23.0 Å². The molecule has 0 fully saturated rings. The molecular formula is C23H21FN4O5. The van der Waals surface area contributed by atoms with Crippen molar-refractivity contribution < 1.29 is 27.9 Å². The van der Waals surface area contributed by atoms with E-state index in [1.54, 1.807) is 44.8 Å². The van der Waals surface area contributed by atoms with E-state index < -0.39 is 0 Å². The summed E-state index contributed by atoms with van der Waals surface area (Å²) >= 11 is 0. The van der Waals surface area contributed by atoms with Gasteiger partial charge in [-0.05, 0) is 29.8 Å². The molecule has 2 aromatic carbocycles. The average molecular weight is 452 g/mol. The molecule has 10 heteroatoms. The second kappa shape index (κ2) is 8.55. The van der Waals surface area contributed by atoms with Crippen molar-refractivity contribution in [1.29, 1.82) is 0 Å². The van der Waals surface area contributed by atoms with Crippen molar-refractivity contribution in [2.24, 2.45) is 0 Å². The maximum atomic E-state index is 13.2. The Kier molecular flexibility index (Phi) is 5.43. The highest BCUT2D eigenvalue weighted by atomic mass is 19.1. The minimum atomic E-state index is -0.278. The molecule has 0 spiro atoms. The number of imidazole rings is 1. The Hall–Kier alpha value is -3.92. The molecule has 1 unspecified atom stereocenters. The van der Waals surface area contributed by atoms with Gasteiger partial charge in [0.05, 0.1) is 46.5 Å². The fourth-order valence-electron chi connectivity index (χ4n) is 3.83. The monoisotopic (exact) mass is 452 g/mol. The van der Waals surface area contributed by atoms with Crippen LogP contribution >= 0.6 is 0 Å². The first kappa shape index (κ1) is 21.0. The number of rotatable bonds is 6. The number of nitrogens with zero attached hydrogens (tertiary/aromatic N) is 4. The Morgan fingerprint density at radius 2 is 1.76 bits per heavy atom. The summed E-state index contributed by atoms with van der Waals surface area (Å²) in [5, 5.41) is 4.10. The molecule has 9 nitrogen and oxygen atoms in total. The summed E-state index contributed by atoms with van der Waals surface area (Å²) in [6, 6.07) is 9.80. The maximum absolute atomic E-state index is 13.2. The molecule has 3 heterocycles. The highest BCUT2D eigenvalue weighted by Gasteiger charge is 2.27. The van der Waals surface area contributed by atoms with Crippen molar-refractivity contribution in [3.63, 3.8) is 0 Å². The van der Waals surface area contributed by atoms with Crippen molar-refractivity contribution >= 4 is 0 Å². The summed E-state index contributed by atoms with van der Waals surface area (Å²) in [5.41, 5.74) is 2.92. The minimum Gasteiger partial charge on any atom is -0.493 e. The summed E-state index contributed by atoms with van der Waals surface area (Å²) in [6.07, 6.45) is 1.52. The molecule has 1 aliphatic heterocycles. The van der Waals surface area contributed by atoms with Gasteiger partial charge < -0.3 is 28.0 Å². The zero-order valence-electron chi connectivity index (χ0n) is 18.2. The van der Waals surface area contributed by atoms with E-state index in [0.717, 1.165) is 11.3 Å². The highest BCUT2D eigenvalue weighted by molar-refractivity contribution is 5.67. The van der Waals surface area contributed by atoms with Crippen LogP contribution in [0.4, 0.5) is 4.39 Å². The van der Waals surface area contributed by atoms with E-state index in [0.29, 0.717) is 47.5 Å². The van der Waals surface area contributed by atoms with Crippen LogP contribution in [0.15, 0.2) is 47.2 Å². The summed E-state index contributed by atoms with van der Waals surface area (Å²) in [4.78, 5) is 8.99. The third-order valence-corrected chi connectivity index (χ3v) is 5.52. The Morgan fingerprint density at radius 1 is 1.03 bits per heavy atom. The van der Waals surface area contributed by atoms with Crippen LogP contribution in [-0.4, -0.2) is 41.0 Å². The molecular weight excluding hydrogens is 431 g/mol. The smallest absolute Gasteiger partial charge is 0.278 e. The third kappa shape index (κ3) is 3.78. The van der Waals surface area contributed by atoms with Gasteiger partial charge in [-0.15, -0.1) is 0 Å². The Morgan fingerprint density at radius 3 is 2.42 bits per heavy atom. The van der Waals surface area contributed by atoms with Crippen molar-refractivity contribution in [2.45, 2.75) is 19.3 Å². The van der Waals surface area contributed by atoms with Gasteiger partial charge in [-0.25, -0.2) is 9.37 Å². The van der Waals surface area contributed by atoms with Gasteiger partial charge in [-0.1, -0.05) is 17.3 Å². The van der Waals surface area contributed by atoms with Crippen LogP contribution in [0.1, 0.15) is 17.4 Å². The second-order valence-electron chi connectivity index (χ2n) is 7.38. The van der Waals surface area contributed by atoms with Crippen molar-refractivity contribution in [1.82, 2.24) is 19.7 Å². The first-order valence-corrected chi connectivity index (χ1v) is 10.2. The highest BCUT2D eigenvalue weighted by Crippen LogP contribution is 2.41. The van der Waals surface area contributed by atoms with E-state index in [2.05, 4.69) is 15.1 Å². The SMILES string of the molecule is COc1cc(-c2noc(-c3ncn4c3COC(c3ccc(F)cc3)C4)n2)cc(OC)c1OC. The number of benzene rings is 2. The largest absolute Gasteiger partial charge is 0.493 e. The fraction of sp³-hybridized carbons (Fsp3) is 0.261. The summed E-state index contributed by atoms with van der Waals surface area (Å²) in [5.74, 6) is 1.79. The number of aromatic nitrogens is 4. The average Bonchev–Trinajstić information content (AvgIpc) is 3.50. The molecule has 1 atom stereocenters. The normalized spacial score (nSPS) is 15.2. The molecule has 0 radical (unpaired) electrons. The molecule has 2 aromatic heterocycles. The number of ether oxygens (including phenoxy) is 4. The Bertz CT molecular complexity index is 1260. The number of hydrogen-bond acceptors (Lipinski definition) is 8. The molecule has 0 aliphatic carbocycles. The zero-order valence-corrected chi connectivity index (χ0v) is 18.2. The Labute approximate surface area is 188 Å². The lowest BCUT2D eigenvalue weighted by Gasteiger charge is -2.25. The van der Waals surface area contributed by atoms with Crippen molar-refractivity contribution in [2.75, 3.05) is 21.3 Å². The number of fused-ring (bicyclic) bond motifs is 1. The molecule has 0 N–H and O–H groups in total. The zero-order chi connectivity index (χ0) is 22.9. The van der Waals surface area contributed by atoms with E-state index in [1.807, 2.05) is 4.57 Å². The van der Waals surface area contributed by atoms with Crippen LogP contribution in [0.2, 0.25) is 0 Å². The topological polar surface area (TPSA) is 93.7 Å². The molecule has 0 amide bonds. The predicted molar refractivity (Wildman–Crippen MR) is 115 cm³/mol. The molecule has 1 aliphatic rings. The molecule has 5 rings (SSSR count). The lowest BCUT2D eigenvalue weighted by atomic mass is 10.1. The number of halogens is 1. The maximum Gasteiger partial charge on any atom is 0.278 e. The molecule has 0 saturated heterocycles. The fourth-order valence-corrected chi connectivity index (χ4v) is 3.83. The first-order valence-electron chi connectivity index (χ1n) is 10.2. The van der Waals surface area contributed by atoms with Gasteiger partial charge >= 0.3 is 0 Å². The predicted octanol–water partition coefficient (Wildman–Crippen LogP) is 4.04. The lowest BCUT2D eigenvalue weighted by molar-refractivity contribution is 0.00326. The summed E-state index contributed by atoms with van der Waals surface area (Å²) in [7, 11) is 4.62. The summed E-state index contributed by atoms with van der Waals surface area (Å²) < 4.78 is 42.9. The first-order chi connectivity index (χ1) is 16.1. The van der Waals surface area contributed by atoms with Gasteiger partial charge in [-0.2, -0.15) is 4.98 Å². The van der Waals surface area contributed by atoms with Crippen molar-refractivity contribution in [3.8, 4) is 40.2 Å². The minimum absolute atomic E-state index is 0.197. The van der Waals surface area contributed by atoms with Gasteiger partial charge in [0.25, 0.3) is 5.89 Å².